The second kappa shape index (κ2) is 12.7. The Hall–Kier alpha value is -2.94. The maximum atomic E-state index is 5.86. The van der Waals surface area contributed by atoms with Crippen molar-refractivity contribution in [3.8, 4) is 5.75 Å². The van der Waals surface area contributed by atoms with Crippen molar-refractivity contribution in [3.63, 3.8) is 0 Å². The van der Waals surface area contributed by atoms with E-state index in [0.29, 0.717) is 17.3 Å². The zero-order valence-electron chi connectivity index (χ0n) is 21.3. The number of ether oxygens (including phenoxy) is 1. The first-order valence-corrected chi connectivity index (χ1v) is 13.6. The molecule has 0 aromatic heterocycles. The Morgan fingerprint density at radius 3 is 2.34 bits per heavy atom. The summed E-state index contributed by atoms with van der Waals surface area (Å²) >= 11 is 0. The van der Waals surface area contributed by atoms with Crippen LogP contribution in [0.1, 0.15) is 75.8 Å². The number of nitrogen functional groups attached to an aromatic ring is 2. The lowest BCUT2D eigenvalue weighted by atomic mass is 9.80. The maximum absolute atomic E-state index is 5.86. The standard InChI is InChI=1S/C32H42N2O/c1-2-3-4-6-26-14-16-29-20-27(15-17-28(29)19-26)13-12-25-10-8-24(9-11-25)7-5-18-35-32-22-30(33)21-31(34)23-32/h12-17,19-25H,2-11,18,33-34H2,1H3. The van der Waals surface area contributed by atoms with Crippen molar-refractivity contribution in [2.24, 2.45) is 11.8 Å². The highest BCUT2D eigenvalue weighted by Gasteiger charge is 2.19. The lowest BCUT2D eigenvalue weighted by molar-refractivity contribution is 0.254. The van der Waals surface area contributed by atoms with E-state index < -0.39 is 0 Å². The first-order valence-electron chi connectivity index (χ1n) is 13.6. The number of fused-ring (bicyclic) bond motifs is 1. The summed E-state index contributed by atoms with van der Waals surface area (Å²) < 4.78 is 5.86. The zero-order chi connectivity index (χ0) is 24.5. The Bertz CT molecular complexity index is 1090. The molecule has 0 saturated heterocycles. The van der Waals surface area contributed by atoms with Crippen LogP contribution < -0.4 is 16.2 Å². The second-order valence-electron chi connectivity index (χ2n) is 10.4. The van der Waals surface area contributed by atoms with Gasteiger partial charge in [0.25, 0.3) is 0 Å². The molecule has 4 N–H and O–H groups in total. The molecule has 1 aliphatic rings. The van der Waals surface area contributed by atoms with E-state index in [1.807, 2.05) is 12.1 Å². The summed E-state index contributed by atoms with van der Waals surface area (Å²) in [7, 11) is 0. The van der Waals surface area contributed by atoms with E-state index in [9.17, 15) is 0 Å². The largest absolute Gasteiger partial charge is 0.493 e. The molecule has 0 unspecified atom stereocenters. The van der Waals surface area contributed by atoms with Crippen LogP contribution in [-0.2, 0) is 6.42 Å². The average Bonchev–Trinajstić information content (AvgIpc) is 2.85. The van der Waals surface area contributed by atoms with Gasteiger partial charge < -0.3 is 16.2 Å². The van der Waals surface area contributed by atoms with E-state index in [2.05, 4.69) is 55.5 Å². The van der Waals surface area contributed by atoms with Crippen molar-refractivity contribution >= 4 is 28.2 Å². The molecular formula is C32H42N2O. The van der Waals surface area contributed by atoms with E-state index >= 15 is 0 Å². The number of allylic oxidation sites excluding steroid dienone is 1. The normalized spacial score (nSPS) is 18.3. The molecule has 0 aliphatic heterocycles. The minimum absolute atomic E-state index is 0.655. The van der Waals surface area contributed by atoms with Gasteiger partial charge in [-0.2, -0.15) is 0 Å². The molecule has 0 bridgehead atoms. The highest BCUT2D eigenvalue weighted by atomic mass is 16.5. The predicted molar refractivity (Wildman–Crippen MR) is 152 cm³/mol. The Balaban J connectivity index is 1.19. The number of nitrogens with two attached hydrogens (primary N) is 2. The van der Waals surface area contributed by atoms with Gasteiger partial charge in [0.1, 0.15) is 5.75 Å². The van der Waals surface area contributed by atoms with Crippen molar-refractivity contribution in [3.05, 3.63) is 71.8 Å². The molecule has 0 amide bonds. The molecule has 1 aliphatic carbocycles. The summed E-state index contributed by atoms with van der Waals surface area (Å²) in [5, 5.41) is 2.71. The van der Waals surface area contributed by atoms with Crippen LogP contribution in [0.3, 0.4) is 0 Å². The van der Waals surface area contributed by atoms with E-state index in [4.69, 9.17) is 16.2 Å². The van der Waals surface area contributed by atoms with Gasteiger partial charge in [0.15, 0.2) is 0 Å². The Kier molecular flexibility index (Phi) is 9.11. The highest BCUT2D eigenvalue weighted by Crippen LogP contribution is 2.33. The van der Waals surface area contributed by atoms with Crippen LogP contribution in [0.2, 0.25) is 0 Å². The van der Waals surface area contributed by atoms with Crippen LogP contribution in [0.25, 0.3) is 16.8 Å². The number of unbranched alkanes of at least 4 members (excludes halogenated alkanes) is 2. The Labute approximate surface area is 211 Å². The van der Waals surface area contributed by atoms with E-state index in [0.717, 1.165) is 24.7 Å². The highest BCUT2D eigenvalue weighted by molar-refractivity contribution is 5.85. The fourth-order valence-corrected chi connectivity index (χ4v) is 5.36. The minimum atomic E-state index is 0.655. The Morgan fingerprint density at radius 1 is 0.829 bits per heavy atom. The predicted octanol–water partition coefficient (Wildman–Crippen LogP) is 8.42. The lowest BCUT2D eigenvalue weighted by Gasteiger charge is -2.26. The molecule has 0 heterocycles. The SMILES string of the molecule is CCCCCc1ccc2cc(C=CC3CCC(CCCOc4cc(N)cc(N)c4)CC3)ccc2c1. The van der Waals surface area contributed by atoms with Gasteiger partial charge in [-0.1, -0.05) is 62.2 Å². The summed E-state index contributed by atoms with van der Waals surface area (Å²) in [6.07, 6.45) is 17.4. The van der Waals surface area contributed by atoms with Gasteiger partial charge in [-0.15, -0.1) is 0 Å². The van der Waals surface area contributed by atoms with Crippen LogP contribution in [0, 0.1) is 11.8 Å². The summed E-state index contributed by atoms with van der Waals surface area (Å²) in [6.45, 7) is 2.99. The topological polar surface area (TPSA) is 61.3 Å². The fraction of sp³-hybridized carbons (Fsp3) is 0.438. The maximum Gasteiger partial charge on any atom is 0.123 e. The number of benzene rings is 3. The monoisotopic (exact) mass is 470 g/mol. The summed E-state index contributed by atoms with van der Waals surface area (Å²) in [4.78, 5) is 0. The van der Waals surface area contributed by atoms with Crippen LogP contribution >= 0.6 is 0 Å². The van der Waals surface area contributed by atoms with Gasteiger partial charge in [0, 0.05) is 23.5 Å². The van der Waals surface area contributed by atoms with Crippen LogP contribution in [0.4, 0.5) is 11.4 Å². The van der Waals surface area contributed by atoms with Gasteiger partial charge in [-0.3, -0.25) is 0 Å². The quantitative estimate of drug-likeness (QED) is 0.218. The summed E-state index contributed by atoms with van der Waals surface area (Å²) in [6, 6.07) is 19.3. The van der Waals surface area contributed by atoms with E-state index in [1.54, 1.807) is 6.07 Å². The van der Waals surface area contributed by atoms with Crippen molar-refractivity contribution in [2.75, 3.05) is 18.1 Å². The van der Waals surface area contributed by atoms with Crippen molar-refractivity contribution < 1.29 is 4.74 Å². The van der Waals surface area contributed by atoms with Gasteiger partial charge in [0.2, 0.25) is 0 Å². The first-order chi connectivity index (χ1) is 17.1. The molecule has 35 heavy (non-hydrogen) atoms. The molecular weight excluding hydrogens is 428 g/mol. The smallest absolute Gasteiger partial charge is 0.123 e. The lowest BCUT2D eigenvalue weighted by Crippen LogP contribution is -2.14. The summed E-state index contributed by atoms with van der Waals surface area (Å²) in [5.41, 5.74) is 15.8. The number of aryl methyl sites for hydroxylation is 1. The van der Waals surface area contributed by atoms with Gasteiger partial charge in [-0.25, -0.2) is 0 Å². The summed E-state index contributed by atoms with van der Waals surface area (Å²) in [5.74, 6) is 2.30. The average molecular weight is 471 g/mol. The molecule has 3 aromatic carbocycles. The number of hydrogen-bond acceptors (Lipinski definition) is 3. The molecule has 0 radical (unpaired) electrons. The van der Waals surface area contributed by atoms with Gasteiger partial charge in [0.05, 0.1) is 6.61 Å². The molecule has 4 rings (SSSR count). The van der Waals surface area contributed by atoms with Crippen molar-refractivity contribution in [2.45, 2.75) is 71.1 Å². The second-order valence-corrected chi connectivity index (χ2v) is 10.4. The number of hydrogen-bond donors (Lipinski definition) is 2. The molecule has 3 heteroatoms. The van der Waals surface area contributed by atoms with E-state index in [1.165, 1.54) is 79.7 Å². The third kappa shape index (κ3) is 7.78. The molecule has 3 aromatic rings. The van der Waals surface area contributed by atoms with E-state index in [-0.39, 0.29) is 0 Å². The van der Waals surface area contributed by atoms with Gasteiger partial charge >= 0.3 is 0 Å². The fourth-order valence-electron chi connectivity index (χ4n) is 5.36. The first kappa shape index (κ1) is 25.2. The van der Waals surface area contributed by atoms with Crippen LogP contribution in [0.15, 0.2) is 60.7 Å². The van der Waals surface area contributed by atoms with Crippen LogP contribution in [-0.4, -0.2) is 6.61 Å². The van der Waals surface area contributed by atoms with Crippen molar-refractivity contribution in [1.82, 2.24) is 0 Å². The van der Waals surface area contributed by atoms with Crippen LogP contribution in [0.5, 0.6) is 5.75 Å². The number of anilines is 2. The minimum Gasteiger partial charge on any atom is -0.493 e. The zero-order valence-corrected chi connectivity index (χ0v) is 21.3. The third-order valence-corrected chi connectivity index (χ3v) is 7.43. The molecule has 1 fully saturated rings. The molecule has 0 spiro atoms. The number of rotatable bonds is 11. The van der Waals surface area contributed by atoms with Gasteiger partial charge in [-0.05, 0) is 97.2 Å². The molecule has 3 nitrogen and oxygen atoms in total. The molecule has 186 valence electrons. The third-order valence-electron chi connectivity index (χ3n) is 7.43. The Morgan fingerprint density at radius 2 is 1.57 bits per heavy atom. The van der Waals surface area contributed by atoms with Crippen molar-refractivity contribution in [1.29, 1.82) is 0 Å². The molecule has 0 atom stereocenters. The molecule has 1 saturated carbocycles.